The predicted octanol–water partition coefficient (Wildman–Crippen LogP) is 2.42. The van der Waals surface area contributed by atoms with E-state index in [9.17, 15) is 8.78 Å². The van der Waals surface area contributed by atoms with Crippen molar-refractivity contribution in [3.8, 4) is 0 Å². The molecule has 0 atom stereocenters. The lowest BCUT2D eigenvalue weighted by Crippen LogP contribution is -2.24. The van der Waals surface area contributed by atoms with Gasteiger partial charge in [-0.05, 0) is 30.7 Å². The highest BCUT2D eigenvalue weighted by Crippen LogP contribution is 2.31. The number of halogens is 2. The number of nitrogen functional groups attached to an aromatic ring is 1. The first-order valence-electron chi connectivity index (χ1n) is 4.96. The molecule has 1 heterocycles. The fourth-order valence-electron chi connectivity index (χ4n) is 1.93. The molecule has 0 unspecified atom stereocenters. The lowest BCUT2D eigenvalue weighted by molar-refractivity contribution is 0.0257. The highest BCUT2D eigenvalue weighted by atomic mass is 19.3. The van der Waals surface area contributed by atoms with Crippen LogP contribution in [0.25, 0.3) is 0 Å². The van der Waals surface area contributed by atoms with Crippen LogP contribution in [-0.2, 0) is 0 Å². The Bertz CT molecular complexity index is 357. The molecule has 2 nitrogen and oxygen atoms in total. The minimum absolute atomic E-state index is 0.0686. The van der Waals surface area contributed by atoms with Gasteiger partial charge in [-0.3, -0.25) is 0 Å². The molecule has 15 heavy (non-hydrogen) atoms. The summed E-state index contributed by atoms with van der Waals surface area (Å²) < 4.78 is 26.0. The molecule has 1 aliphatic rings. The van der Waals surface area contributed by atoms with Crippen molar-refractivity contribution in [1.82, 2.24) is 0 Å². The lowest BCUT2D eigenvalue weighted by Gasteiger charge is -2.19. The average molecular weight is 212 g/mol. The van der Waals surface area contributed by atoms with Crippen molar-refractivity contribution in [2.45, 2.75) is 19.3 Å². The van der Waals surface area contributed by atoms with Crippen LogP contribution >= 0.6 is 0 Å². The molecule has 0 spiro atoms. The Hall–Kier alpha value is -1.32. The van der Waals surface area contributed by atoms with Crippen molar-refractivity contribution >= 4 is 11.4 Å². The Balaban J connectivity index is 2.24. The SMILES string of the molecule is Cc1cc(N)cc(N2CCC(F)(F)C2)c1. The highest BCUT2D eigenvalue weighted by Gasteiger charge is 2.38. The van der Waals surface area contributed by atoms with E-state index in [2.05, 4.69) is 0 Å². The number of aryl methyl sites for hydroxylation is 1. The van der Waals surface area contributed by atoms with Crippen LogP contribution in [0.15, 0.2) is 18.2 Å². The third kappa shape index (κ3) is 2.19. The van der Waals surface area contributed by atoms with Crippen molar-refractivity contribution in [2.75, 3.05) is 23.7 Å². The van der Waals surface area contributed by atoms with Crippen LogP contribution in [0.5, 0.6) is 0 Å². The Morgan fingerprint density at radius 2 is 2.07 bits per heavy atom. The zero-order valence-electron chi connectivity index (χ0n) is 8.63. The summed E-state index contributed by atoms with van der Waals surface area (Å²) in [7, 11) is 0. The zero-order valence-corrected chi connectivity index (χ0v) is 8.63. The monoisotopic (exact) mass is 212 g/mol. The molecule has 2 rings (SSSR count). The molecule has 1 aliphatic heterocycles. The quantitative estimate of drug-likeness (QED) is 0.724. The summed E-state index contributed by atoms with van der Waals surface area (Å²) >= 11 is 0. The third-order valence-electron chi connectivity index (χ3n) is 2.62. The maximum atomic E-state index is 13.0. The van der Waals surface area contributed by atoms with Gasteiger partial charge in [-0.1, -0.05) is 0 Å². The maximum absolute atomic E-state index is 13.0. The smallest absolute Gasteiger partial charge is 0.266 e. The molecule has 0 bridgehead atoms. The Labute approximate surface area is 87.7 Å². The number of anilines is 2. The highest BCUT2D eigenvalue weighted by molar-refractivity contribution is 5.59. The first-order valence-corrected chi connectivity index (χ1v) is 4.96. The molecule has 82 valence electrons. The fraction of sp³-hybridized carbons (Fsp3) is 0.455. The Kier molecular flexibility index (Phi) is 2.29. The topological polar surface area (TPSA) is 29.3 Å². The van der Waals surface area contributed by atoms with Crippen LogP contribution in [0.1, 0.15) is 12.0 Å². The van der Waals surface area contributed by atoms with Crippen LogP contribution in [0.2, 0.25) is 0 Å². The summed E-state index contributed by atoms with van der Waals surface area (Å²) in [5.74, 6) is -2.56. The molecule has 0 saturated carbocycles. The Morgan fingerprint density at radius 3 is 2.60 bits per heavy atom. The second kappa shape index (κ2) is 3.36. The number of benzene rings is 1. The van der Waals surface area contributed by atoms with Gasteiger partial charge in [-0.15, -0.1) is 0 Å². The average Bonchev–Trinajstić information content (AvgIpc) is 2.44. The summed E-state index contributed by atoms with van der Waals surface area (Å²) in [6.07, 6.45) is -0.0686. The van der Waals surface area contributed by atoms with E-state index in [1.165, 1.54) is 0 Å². The second-order valence-corrected chi connectivity index (χ2v) is 4.13. The van der Waals surface area contributed by atoms with Crippen molar-refractivity contribution in [3.05, 3.63) is 23.8 Å². The van der Waals surface area contributed by atoms with E-state index >= 15 is 0 Å². The fourth-order valence-corrected chi connectivity index (χ4v) is 1.93. The van der Waals surface area contributed by atoms with E-state index in [4.69, 9.17) is 5.73 Å². The molecule has 4 heteroatoms. The number of alkyl halides is 2. The molecule has 0 aliphatic carbocycles. The first kappa shape index (κ1) is 10.2. The van der Waals surface area contributed by atoms with Gasteiger partial charge >= 0.3 is 0 Å². The van der Waals surface area contributed by atoms with E-state index in [0.29, 0.717) is 12.2 Å². The molecule has 1 saturated heterocycles. The minimum atomic E-state index is -2.56. The molecule has 2 N–H and O–H groups in total. The minimum Gasteiger partial charge on any atom is -0.399 e. The largest absolute Gasteiger partial charge is 0.399 e. The molecular formula is C11H14F2N2. The van der Waals surface area contributed by atoms with E-state index in [1.54, 1.807) is 11.0 Å². The number of nitrogens with two attached hydrogens (primary N) is 1. The van der Waals surface area contributed by atoms with E-state index in [1.807, 2.05) is 19.1 Å². The van der Waals surface area contributed by atoms with Crippen LogP contribution in [0, 0.1) is 6.92 Å². The third-order valence-corrected chi connectivity index (χ3v) is 2.62. The summed E-state index contributed by atoms with van der Waals surface area (Å²) in [5.41, 5.74) is 8.10. The van der Waals surface area contributed by atoms with Gasteiger partial charge in [-0.25, -0.2) is 8.78 Å². The van der Waals surface area contributed by atoms with E-state index < -0.39 is 5.92 Å². The van der Waals surface area contributed by atoms with Crippen molar-refractivity contribution in [2.24, 2.45) is 0 Å². The molecule has 1 aromatic rings. The number of nitrogens with zero attached hydrogens (tertiary/aromatic N) is 1. The van der Waals surface area contributed by atoms with Gasteiger partial charge in [0.1, 0.15) is 0 Å². The van der Waals surface area contributed by atoms with Gasteiger partial charge in [0.05, 0.1) is 6.54 Å². The summed E-state index contributed by atoms with van der Waals surface area (Å²) in [5, 5.41) is 0. The zero-order chi connectivity index (χ0) is 11.1. The summed E-state index contributed by atoms with van der Waals surface area (Å²) in [4.78, 5) is 1.68. The Morgan fingerprint density at radius 1 is 1.33 bits per heavy atom. The number of hydrogen-bond acceptors (Lipinski definition) is 2. The summed E-state index contributed by atoms with van der Waals surface area (Å²) in [6.45, 7) is 2.11. The van der Waals surface area contributed by atoms with Gasteiger partial charge < -0.3 is 10.6 Å². The van der Waals surface area contributed by atoms with Gasteiger partial charge in [0.15, 0.2) is 0 Å². The van der Waals surface area contributed by atoms with E-state index in [-0.39, 0.29) is 13.0 Å². The van der Waals surface area contributed by atoms with Crippen molar-refractivity contribution in [3.63, 3.8) is 0 Å². The number of hydrogen-bond donors (Lipinski definition) is 1. The van der Waals surface area contributed by atoms with Crippen molar-refractivity contribution < 1.29 is 8.78 Å². The van der Waals surface area contributed by atoms with Crippen LogP contribution in [0.4, 0.5) is 20.2 Å². The molecule has 1 fully saturated rings. The lowest BCUT2D eigenvalue weighted by atomic mass is 10.2. The van der Waals surface area contributed by atoms with Gasteiger partial charge in [0.25, 0.3) is 5.92 Å². The summed E-state index contributed by atoms with van der Waals surface area (Å²) in [6, 6.07) is 5.46. The predicted molar refractivity (Wildman–Crippen MR) is 57.4 cm³/mol. The van der Waals surface area contributed by atoms with Gasteiger partial charge in [-0.2, -0.15) is 0 Å². The number of rotatable bonds is 1. The van der Waals surface area contributed by atoms with Crippen LogP contribution in [-0.4, -0.2) is 19.0 Å². The van der Waals surface area contributed by atoms with Gasteiger partial charge in [0.2, 0.25) is 0 Å². The second-order valence-electron chi connectivity index (χ2n) is 4.13. The molecule has 1 aromatic carbocycles. The molecule has 0 radical (unpaired) electrons. The van der Waals surface area contributed by atoms with Gasteiger partial charge in [0, 0.05) is 24.3 Å². The normalized spacial score (nSPS) is 19.5. The standard InChI is InChI=1S/C11H14F2N2/c1-8-4-9(14)6-10(5-8)15-3-2-11(12,13)7-15/h4-6H,2-3,7,14H2,1H3. The molecule has 0 aromatic heterocycles. The molecule has 0 amide bonds. The first-order chi connectivity index (χ1) is 6.96. The van der Waals surface area contributed by atoms with Crippen LogP contribution < -0.4 is 10.6 Å². The van der Waals surface area contributed by atoms with E-state index in [0.717, 1.165) is 11.3 Å². The van der Waals surface area contributed by atoms with Crippen LogP contribution in [0.3, 0.4) is 0 Å². The molecular weight excluding hydrogens is 198 g/mol. The maximum Gasteiger partial charge on any atom is 0.266 e. The van der Waals surface area contributed by atoms with Crippen molar-refractivity contribution in [1.29, 1.82) is 0 Å².